The summed E-state index contributed by atoms with van der Waals surface area (Å²) < 4.78 is 18.8. The van der Waals surface area contributed by atoms with Gasteiger partial charge in [0, 0.05) is 31.1 Å². The van der Waals surface area contributed by atoms with Crippen molar-refractivity contribution in [3.63, 3.8) is 0 Å². The Hall–Kier alpha value is -1.99. The minimum absolute atomic E-state index is 0. The van der Waals surface area contributed by atoms with Gasteiger partial charge >= 0.3 is 0 Å². The third kappa shape index (κ3) is 4.52. The molecule has 28 heavy (non-hydrogen) atoms. The minimum Gasteiger partial charge on any atom is -0.342 e. The molecule has 2 aliphatic rings. The Balaban J connectivity index is 0.00000225. The van der Waals surface area contributed by atoms with E-state index in [-0.39, 0.29) is 36.1 Å². The summed E-state index contributed by atoms with van der Waals surface area (Å²) in [5.41, 5.74) is 6.70. The molecule has 8 heteroatoms. The molecule has 2 N–H and O–H groups in total. The van der Waals surface area contributed by atoms with Gasteiger partial charge in [0.1, 0.15) is 5.82 Å². The lowest BCUT2D eigenvalue weighted by molar-refractivity contribution is -0.133. The number of amides is 1. The molecule has 1 aliphatic heterocycles. The van der Waals surface area contributed by atoms with Crippen LogP contribution in [0, 0.1) is 11.7 Å². The SMILES string of the molecule is Cl.N[C@@H]1CCC[C@H]1CC(=O)N1CCCC(c2nc(-c3cccc(F)c3)no2)C1. The van der Waals surface area contributed by atoms with Crippen LogP contribution in [0.5, 0.6) is 0 Å². The van der Waals surface area contributed by atoms with E-state index >= 15 is 0 Å². The fourth-order valence-corrected chi connectivity index (χ4v) is 4.22. The van der Waals surface area contributed by atoms with Crippen LogP contribution in [-0.2, 0) is 4.79 Å². The summed E-state index contributed by atoms with van der Waals surface area (Å²) in [6.07, 6.45) is 5.53. The van der Waals surface area contributed by atoms with Crippen molar-refractivity contribution in [3.8, 4) is 11.4 Å². The largest absolute Gasteiger partial charge is 0.342 e. The van der Waals surface area contributed by atoms with E-state index in [1.54, 1.807) is 12.1 Å². The Morgan fingerprint density at radius 2 is 2.14 bits per heavy atom. The summed E-state index contributed by atoms with van der Waals surface area (Å²) in [7, 11) is 0. The molecule has 3 atom stereocenters. The maximum absolute atomic E-state index is 13.4. The number of hydrogen-bond acceptors (Lipinski definition) is 5. The number of likely N-dealkylation sites (tertiary alicyclic amines) is 1. The van der Waals surface area contributed by atoms with E-state index in [1.807, 2.05) is 4.90 Å². The van der Waals surface area contributed by atoms with Gasteiger partial charge in [-0.05, 0) is 43.7 Å². The first-order valence-corrected chi connectivity index (χ1v) is 9.73. The second-order valence-electron chi connectivity index (χ2n) is 7.70. The van der Waals surface area contributed by atoms with Gasteiger partial charge in [-0.15, -0.1) is 12.4 Å². The van der Waals surface area contributed by atoms with E-state index in [9.17, 15) is 9.18 Å². The van der Waals surface area contributed by atoms with Gasteiger partial charge in [-0.2, -0.15) is 4.98 Å². The Bertz CT molecular complexity index is 815. The van der Waals surface area contributed by atoms with Gasteiger partial charge in [0.15, 0.2) is 0 Å². The molecule has 1 amide bonds. The minimum atomic E-state index is -0.335. The number of rotatable bonds is 4. The molecule has 1 aromatic heterocycles. The molecule has 0 radical (unpaired) electrons. The van der Waals surface area contributed by atoms with E-state index in [1.165, 1.54) is 12.1 Å². The van der Waals surface area contributed by atoms with Crippen LogP contribution in [0.1, 0.15) is 50.3 Å². The lowest BCUT2D eigenvalue weighted by Gasteiger charge is -2.32. The normalized spacial score (nSPS) is 24.8. The first kappa shape index (κ1) is 20.7. The van der Waals surface area contributed by atoms with Gasteiger partial charge in [0.05, 0.1) is 5.92 Å². The van der Waals surface area contributed by atoms with Gasteiger partial charge in [0.25, 0.3) is 0 Å². The maximum atomic E-state index is 13.4. The molecule has 1 unspecified atom stereocenters. The second kappa shape index (κ2) is 9.01. The summed E-state index contributed by atoms with van der Waals surface area (Å²) in [6.45, 7) is 1.35. The highest BCUT2D eigenvalue weighted by Crippen LogP contribution is 2.31. The Morgan fingerprint density at radius 1 is 1.29 bits per heavy atom. The second-order valence-corrected chi connectivity index (χ2v) is 7.70. The average Bonchev–Trinajstić information content (AvgIpc) is 3.32. The standard InChI is InChI=1S/C20H25FN4O2.ClH/c21-16-7-1-5-14(10-16)19-23-20(27-24-19)15-6-3-9-25(12-15)18(26)11-13-4-2-8-17(13)22;/h1,5,7,10,13,15,17H,2-4,6,8-9,11-12,22H2;1H/t13-,15?,17+;/m0./s1. The van der Waals surface area contributed by atoms with E-state index in [0.29, 0.717) is 36.2 Å². The number of carbonyl (C=O) groups is 1. The maximum Gasteiger partial charge on any atom is 0.231 e. The number of nitrogens with two attached hydrogens (primary N) is 1. The summed E-state index contributed by atoms with van der Waals surface area (Å²) in [6, 6.07) is 6.29. The fourth-order valence-electron chi connectivity index (χ4n) is 4.22. The molecule has 1 saturated heterocycles. The number of carbonyl (C=O) groups excluding carboxylic acids is 1. The number of benzene rings is 1. The molecule has 0 spiro atoms. The molecule has 152 valence electrons. The molecule has 6 nitrogen and oxygen atoms in total. The number of hydrogen-bond donors (Lipinski definition) is 1. The number of aromatic nitrogens is 2. The zero-order valence-corrected chi connectivity index (χ0v) is 16.5. The number of piperidine rings is 1. The quantitative estimate of drug-likeness (QED) is 0.836. The summed E-state index contributed by atoms with van der Waals surface area (Å²) >= 11 is 0. The predicted molar refractivity (Wildman–Crippen MR) is 105 cm³/mol. The van der Waals surface area contributed by atoms with Crippen molar-refractivity contribution in [2.24, 2.45) is 11.7 Å². The van der Waals surface area contributed by atoms with Crippen molar-refractivity contribution in [3.05, 3.63) is 36.0 Å². The molecular weight excluding hydrogens is 383 g/mol. The fraction of sp³-hybridized carbons (Fsp3) is 0.550. The smallest absolute Gasteiger partial charge is 0.231 e. The van der Waals surface area contributed by atoms with Crippen LogP contribution >= 0.6 is 12.4 Å². The van der Waals surface area contributed by atoms with E-state index in [4.69, 9.17) is 10.3 Å². The van der Waals surface area contributed by atoms with Crippen LogP contribution in [0.25, 0.3) is 11.4 Å². The summed E-state index contributed by atoms with van der Waals surface area (Å²) in [4.78, 5) is 19.1. The summed E-state index contributed by atoms with van der Waals surface area (Å²) in [5.74, 6) is 1.06. The van der Waals surface area contributed by atoms with E-state index in [0.717, 1.165) is 38.6 Å². The van der Waals surface area contributed by atoms with Crippen molar-refractivity contribution in [2.45, 2.75) is 50.5 Å². The molecule has 1 aromatic carbocycles. The molecular formula is C20H26ClFN4O2. The molecule has 0 bridgehead atoms. The Kier molecular flexibility index (Phi) is 6.67. The highest BCUT2D eigenvalue weighted by molar-refractivity contribution is 5.85. The molecule has 1 saturated carbocycles. The van der Waals surface area contributed by atoms with Crippen LogP contribution in [0.15, 0.2) is 28.8 Å². The highest BCUT2D eigenvalue weighted by atomic mass is 35.5. The van der Waals surface area contributed by atoms with Gasteiger partial charge < -0.3 is 15.2 Å². The number of halogens is 2. The van der Waals surface area contributed by atoms with E-state index in [2.05, 4.69) is 10.1 Å². The molecule has 4 rings (SSSR count). The van der Waals surface area contributed by atoms with Gasteiger partial charge in [-0.25, -0.2) is 4.39 Å². The van der Waals surface area contributed by atoms with Crippen molar-refractivity contribution < 1.29 is 13.7 Å². The van der Waals surface area contributed by atoms with E-state index < -0.39 is 0 Å². The average molecular weight is 409 g/mol. The zero-order valence-electron chi connectivity index (χ0n) is 15.7. The molecule has 2 heterocycles. The molecule has 2 fully saturated rings. The highest BCUT2D eigenvalue weighted by Gasteiger charge is 2.32. The predicted octanol–water partition coefficient (Wildman–Crippen LogP) is 3.52. The third-order valence-electron chi connectivity index (χ3n) is 5.80. The third-order valence-corrected chi connectivity index (χ3v) is 5.80. The van der Waals surface area contributed by atoms with Crippen molar-refractivity contribution in [2.75, 3.05) is 13.1 Å². The lowest BCUT2D eigenvalue weighted by Crippen LogP contribution is -2.41. The topological polar surface area (TPSA) is 85.3 Å². The van der Waals surface area contributed by atoms with Crippen molar-refractivity contribution in [1.29, 1.82) is 0 Å². The van der Waals surface area contributed by atoms with Crippen LogP contribution in [-0.4, -0.2) is 40.1 Å². The first-order chi connectivity index (χ1) is 13.1. The molecule has 1 aliphatic carbocycles. The first-order valence-electron chi connectivity index (χ1n) is 9.73. The van der Waals surface area contributed by atoms with Gasteiger partial charge in [0.2, 0.25) is 17.6 Å². The monoisotopic (exact) mass is 408 g/mol. The van der Waals surface area contributed by atoms with Crippen molar-refractivity contribution in [1.82, 2.24) is 15.0 Å². The Labute approximate surface area is 170 Å². The van der Waals surface area contributed by atoms with Crippen LogP contribution in [0.3, 0.4) is 0 Å². The van der Waals surface area contributed by atoms with Crippen LogP contribution < -0.4 is 5.73 Å². The van der Waals surface area contributed by atoms with Gasteiger partial charge in [-0.3, -0.25) is 4.79 Å². The zero-order chi connectivity index (χ0) is 18.8. The number of nitrogens with zero attached hydrogens (tertiary/aromatic N) is 3. The Morgan fingerprint density at radius 3 is 2.89 bits per heavy atom. The lowest BCUT2D eigenvalue weighted by atomic mass is 9.95. The molecule has 2 aromatic rings. The summed E-state index contributed by atoms with van der Waals surface area (Å²) in [5, 5.41) is 3.99. The van der Waals surface area contributed by atoms with Crippen LogP contribution in [0.2, 0.25) is 0 Å². The van der Waals surface area contributed by atoms with Crippen LogP contribution in [0.4, 0.5) is 4.39 Å². The van der Waals surface area contributed by atoms with Crippen molar-refractivity contribution >= 4 is 18.3 Å². The van der Waals surface area contributed by atoms with Gasteiger partial charge in [-0.1, -0.05) is 23.7 Å².